The van der Waals surface area contributed by atoms with Crippen molar-refractivity contribution in [2.45, 2.75) is 89.0 Å². The number of carbonyl (C=O) groups is 1. The Labute approximate surface area is 274 Å². The van der Waals surface area contributed by atoms with Crippen LogP contribution in [0.3, 0.4) is 0 Å². The van der Waals surface area contributed by atoms with E-state index in [0.29, 0.717) is 4.57 Å². The summed E-state index contributed by atoms with van der Waals surface area (Å²) >= 11 is 5.75. The molecule has 0 saturated carbocycles. The van der Waals surface area contributed by atoms with Crippen molar-refractivity contribution in [1.82, 2.24) is 9.13 Å². The molecule has 46 heavy (non-hydrogen) atoms. The zero-order valence-electron chi connectivity index (χ0n) is 26.7. The van der Waals surface area contributed by atoms with Crippen molar-refractivity contribution in [2.75, 3.05) is 19.8 Å². The average molecular weight is 691 g/mol. The first kappa shape index (κ1) is 36.0. The number of hydrogen-bond acceptors (Lipinski definition) is 12. The molecule has 1 aromatic carbocycles. The topological polar surface area (TPSA) is 164 Å². The Morgan fingerprint density at radius 2 is 1.61 bits per heavy atom. The number of carbonyl (C=O) groups excluding carboxylic acids is 1. The van der Waals surface area contributed by atoms with Crippen LogP contribution in [0.25, 0.3) is 0 Å². The number of aromatic nitrogens is 2. The van der Waals surface area contributed by atoms with E-state index in [2.05, 4.69) is 0 Å². The lowest BCUT2D eigenvalue weighted by molar-refractivity contribution is -0.0810. The van der Waals surface area contributed by atoms with E-state index in [1.54, 1.807) is 18.2 Å². The second-order valence-electron chi connectivity index (χ2n) is 12.9. The van der Waals surface area contributed by atoms with Crippen LogP contribution in [0.5, 0.6) is 0 Å². The van der Waals surface area contributed by atoms with Gasteiger partial charge >= 0.3 is 21.0 Å². The maximum absolute atomic E-state index is 13.9. The molecule has 248 valence electrons. The highest BCUT2D eigenvalue weighted by Crippen LogP contribution is 2.59. The zero-order chi connectivity index (χ0) is 33.9. The highest BCUT2D eigenvalue weighted by Gasteiger charge is 2.66. The third-order valence-corrected chi connectivity index (χ3v) is 15.2. The van der Waals surface area contributed by atoms with Crippen molar-refractivity contribution < 1.29 is 32.0 Å². The molecule has 4 rings (SSSR count). The summed E-state index contributed by atoms with van der Waals surface area (Å²) in [6.07, 6.45) is -2.74. The monoisotopic (exact) mass is 690 g/mol. The Hall–Kier alpha value is -2.82. The molecule has 2 fully saturated rings. The Morgan fingerprint density at radius 3 is 2.15 bits per heavy atom. The Morgan fingerprint density at radius 1 is 1.02 bits per heavy atom. The van der Waals surface area contributed by atoms with Crippen molar-refractivity contribution in [3.63, 3.8) is 0 Å². The molecule has 0 bridgehead atoms. The van der Waals surface area contributed by atoms with Crippen molar-refractivity contribution in [3.8, 4) is 12.1 Å². The fraction of sp³-hybridized carbons (Fsp3) is 0.567. The zero-order valence-corrected chi connectivity index (χ0v) is 29.4. The van der Waals surface area contributed by atoms with E-state index in [-0.39, 0.29) is 38.2 Å². The minimum atomic E-state index is -3.68. The van der Waals surface area contributed by atoms with Gasteiger partial charge in [-0.3, -0.25) is 18.7 Å². The lowest BCUT2D eigenvalue weighted by atomic mass is 10.1. The number of ether oxygens (including phenoxy) is 1. The second-order valence-corrected chi connectivity index (χ2v) is 20.6. The first-order valence-corrected chi connectivity index (χ1v) is 19.2. The maximum Gasteiger partial charge on any atom is 0.349 e. The summed E-state index contributed by atoms with van der Waals surface area (Å²) in [6, 6.07) is 13.0. The van der Waals surface area contributed by atoms with Crippen molar-refractivity contribution in [1.29, 1.82) is 10.5 Å². The smallest absolute Gasteiger partial charge is 0.349 e. The third-order valence-electron chi connectivity index (χ3n) is 7.70. The number of fused-ring (bicyclic) bond motifs is 1. The molecule has 2 saturated heterocycles. The Kier molecular flexibility index (Phi) is 11.1. The van der Waals surface area contributed by atoms with Crippen LogP contribution in [0.2, 0.25) is 10.1 Å². The summed E-state index contributed by atoms with van der Waals surface area (Å²) in [4.78, 5) is 40.2. The molecular formula is C30H39N4O9PSSi. The number of benzene rings is 1. The fourth-order valence-electron chi connectivity index (χ4n) is 5.89. The third kappa shape index (κ3) is 7.19. The minimum absolute atomic E-state index is 0.000436. The normalized spacial score (nSPS) is 22.9. The van der Waals surface area contributed by atoms with E-state index in [4.69, 9.17) is 49.5 Å². The summed E-state index contributed by atoms with van der Waals surface area (Å²) in [5.74, 6) is -0.811. The average Bonchev–Trinajstić information content (AvgIpc) is 3.33. The second kappa shape index (κ2) is 14.1. The molecule has 3 heterocycles. The number of hydrogen-bond donors (Lipinski definition) is 0. The number of nitrogens with zero attached hydrogens (tertiary/aromatic N) is 4. The van der Waals surface area contributed by atoms with E-state index in [9.17, 15) is 14.4 Å². The lowest BCUT2D eigenvalue weighted by Crippen LogP contribution is -2.65. The van der Waals surface area contributed by atoms with Gasteiger partial charge in [-0.1, -0.05) is 59.7 Å². The fourth-order valence-corrected chi connectivity index (χ4v) is 12.9. The highest BCUT2D eigenvalue weighted by atomic mass is 32.5. The summed E-state index contributed by atoms with van der Waals surface area (Å²) in [7, 11) is -3.12. The molecule has 2 aromatic rings. The molecule has 0 amide bonds. The standard InChI is InChI=1S/C30H39N4O9PSSi/c1-29(2,3)46(30(4,5)6)40-20-22-24(43-46)25(42-44(45,38-18-10-15-31)39-19-11-16-32)27(41-22)33-17-14-23(35)34(28(33)37)26(36)21-12-8-7-9-13-21/h7-9,12-14,17,22,24-25,27H,10-11,18-20H2,1-6H3/t22-,24-,25-,27-/m1/s1. The molecule has 0 unspecified atom stereocenters. The van der Waals surface area contributed by atoms with Crippen LogP contribution in [0.4, 0.5) is 0 Å². The summed E-state index contributed by atoms with van der Waals surface area (Å²) in [5, 5.41) is 17.4. The minimum Gasteiger partial charge on any atom is -0.391 e. The first-order chi connectivity index (χ1) is 21.6. The molecule has 2 aliphatic rings. The van der Waals surface area contributed by atoms with Gasteiger partial charge < -0.3 is 22.6 Å². The molecule has 0 spiro atoms. The van der Waals surface area contributed by atoms with Gasteiger partial charge in [0.2, 0.25) is 0 Å². The molecule has 0 aliphatic carbocycles. The summed E-state index contributed by atoms with van der Waals surface area (Å²) < 4.78 is 39.7. The van der Waals surface area contributed by atoms with Gasteiger partial charge in [0.25, 0.3) is 11.5 Å². The molecule has 0 radical (unpaired) electrons. The van der Waals surface area contributed by atoms with Gasteiger partial charge in [0.15, 0.2) is 6.23 Å². The maximum atomic E-state index is 13.9. The molecule has 1 aromatic heterocycles. The van der Waals surface area contributed by atoms with Crippen LogP contribution in [0.1, 0.15) is 71.0 Å². The predicted molar refractivity (Wildman–Crippen MR) is 173 cm³/mol. The van der Waals surface area contributed by atoms with Gasteiger partial charge in [0, 0.05) is 27.9 Å². The van der Waals surface area contributed by atoms with Gasteiger partial charge in [0.1, 0.15) is 18.3 Å². The van der Waals surface area contributed by atoms with E-state index in [0.717, 1.165) is 10.6 Å². The Bertz CT molecular complexity index is 1630. The van der Waals surface area contributed by atoms with Gasteiger partial charge in [-0.05, 0) is 23.9 Å². The van der Waals surface area contributed by atoms with Crippen molar-refractivity contribution in [2.24, 2.45) is 0 Å². The number of rotatable bonds is 10. The van der Waals surface area contributed by atoms with Crippen LogP contribution in [0.15, 0.2) is 52.2 Å². The van der Waals surface area contributed by atoms with E-state index in [1.165, 1.54) is 18.3 Å². The van der Waals surface area contributed by atoms with E-state index < -0.39 is 67.1 Å². The lowest BCUT2D eigenvalue weighted by Gasteiger charge is -2.53. The van der Waals surface area contributed by atoms with E-state index >= 15 is 0 Å². The first-order valence-electron chi connectivity index (χ1n) is 14.8. The molecule has 13 nitrogen and oxygen atoms in total. The highest BCUT2D eigenvalue weighted by molar-refractivity contribution is 8.07. The van der Waals surface area contributed by atoms with Crippen LogP contribution < -0.4 is 11.2 Å². The van der Waals surface area contributed by atoms with Crippen LogP contribution in [-0.4, -0.2) is 61.7 Å². The SMILES string of the molecule is CC(C)(C)[Si]1(C(C)(C)C)OC[C@H]2O[C@@H](n3ccc(=O)n(C(=O)c4ccccc4)c3=O)[C@H](OP(=S)(OCCC#N)OCCC#N)[C@@H]2O1. The van der Waals surface area contributed by atoms with Crippen LogP contribution in [-0.2, 0) is 39.0 Å². The molecule has 4 atom stereocenters. The molecular weight excluding hydrogens is 651 g/mol. The van der Waals surface area contributed by atoms with Crippen molar-refractivity contribution in [3.05, 3.63) is 69.0 Å². The van der Waals surface area contributed by atoms with Gasteiger partial charge in [0.05, 0.1) is 44.8 Å². The Balaban J connectivity index is 1.84. The van der Waals surface area contributed by atoms with Crippen molar-refractivity contribution >= 4 is 33.0 Å². The van der Waals surface area contributed by atoms with Crippen LogP contribution >= 0.6 is 6.72 Å². The van der Waals surface area contributed by atoms with Crippen LogP contribution in [0, 0.1) is 22.7 Å². The van der Waals surface area contributed by atoms with E-state index in [1.807, 2.05) is 53.7 Å². The largest absolute Gasteiger partial charge is 0.391 e. The van der Waals surface area contributed by atoms with Gasteiger partial charge in [-0.15, -0.1) is 0 Å². The molecule has 0 N–H and O–H groups in total. The predicted octanol–water partition coefficient (Wildman–Crippen LogP) is 4.52. The van der Waals surface area contributed by atoms with Gasteiger partial charge in [-0.25, -0.2) is 4.79 Å². The van der Waals surface area contributed by atoms with Gasteiger partial charge in [-0.2, -0.15) is 15.1 Å². The molecule has 2 aliphatic heterocycles. The number of nitriles is 2. The summed E-state index contributed by atoms with van der Waals surface area (Å²) in [6.45, 7) is 8.51. The summed E-state index contributed by atoms with van der Waals surface area (Å²) in [5.41, 5.74) is -1.64. The quantitative estimate of drug-likeness (QED) is 0.195. The molecule has 16 heteroatoms.